The van der Waals surface area contributed by atoms with Crippen LogP contribution in [0.1, 0.15) is 40.0 Å². The predicted octanol–water partition coefficient (Wildman–Crippen LogP) is 2.23. The summed E-state index contributed by atoms with van der Waals surface area (Å²) in [5.74, 6) is 0.686. The van der Waals surface area contributed by atoms with E-state index in [2.05, 4.69) is 38.2 Å². The Kier molecular flexibility index (Phi) is 3.09. The van der Waals surface area contributed by atoms with Crippen LogP contribution in [0.5, 0.6) is 0 Å². The third kappa shape index (κ3) is 1.86. The van der Waals surface area contributed by atoms with E-state index in [1.807, 2.05) is 0 Å². The average Bonchev–Trinajstić information content (AvgIpc) is 2.74. The number of hydrogen-bond acceptors (Lipinski definition) is 3. The summed E-state index contributed by atoms with van der Waals surface area (Å²) >= 11 is 0. The van der Waals surface area contributed by atoms with E-state index >= 15 is 0 Å². The lowest BCUT2D eigenvalue weighted by atomic mass is 9.76. The minimum absolute atomic E-state index is 0.00768. The fourth-order valence-electron chi connectivity index (χ4n) is 4.75. The van der Waals surface area contributed by atoms with Crippen molar-refractivity contribution in [3.05, 3.63) is 23.3 Å². The molecule has 2 heterocycles. The molecule has 6 atom stereocenters. The molecule has 2 amide bonds. The molecular formula is C18H24N2O2. The molecule has 0 aromatic heterocycles. The quantitative estimate of drug-likeness (QED) is 0.551. The Hall–Kier alpha value is -1.42. The third-order valence-corrected chi connectivity index (χ3v) is 6.18. The van der Waals surface area contributed by atoms with Crippen LogP contribution in [0.2, 0.25) is 0 Å². The number of allylic oxidation sites excluding steroid dienone is 3. The largest absolute Gasteiger partial charge is 0.289 e. The lowest BCUT2D eigenvalue weighted by Crippen LogP contribution is -2.63. The molecule has 0 saturated carbocycles. The molecule has 4 heteroatoms. The molecule has 0 spiro atoms. The minimum Gasteiger partial charge on any atom is -0.289 e. The van der Waals surface area contributed by atoms with E-state index in [9.17, 15) is 9.59 Å². The molecule has 0 aromatic rings. The first-order valence-corrected chi connectivity index (χ1v) is 8.44. The first kappa shape index (κ1) is 14.2. The molecule has 0 aromatic carbocycles. The van der Waals surface area contributed by atoms with Crippen molar-refractivity contribution in [3.8, 4) is 0 Å². The highest BCUT2D eigenvalue weighted by Crippen LogP contribution is 2.45. The smallest absolute Gasteiger partial charge is 0.235 e. The number of nitrogens with zero attached hydrogens (tertiary/aromatic N) is 1. The molecule has 22 heavy (non-hydrogen) atoms. The maximum atomic E-state index is 12.9. The van der Waals surface area contributed by atoms with Gasteiger partial charge in [0.25, 0.3) is 0 Å². The molecule has 0 bridgehead atoms. The van der Waals surface area contributed by atoms with Gasteiger partial charge in [-0.3, -0.25) is 19.8 Å². The van der Waals surface area contributed by atoms with Gasteiger partial charge in [0.15, 0.2) is 0 Å². The van der Waals surface area contributed by atoms with Gasteiger partial charge in [-0.05, 0) is 39.0 Å². The molecule has 118 valence electrons. The second kappa shape index (κ2) is 4.79. The van der Waals surface area contributed by atoms with E-state index in [1.54, 1.807) is 4.90 Å². The number of hydrogen-bond donors (Lipinski definition) is 1. The maximum absolute atomic E-state index is 12.9. The van der Waals surface area contributed by atoms with Crippen LogP contribution in [0, 0.1) is 23.7 Å². The Morgan fingerprint density at radius 2 is 1.73 bits per heavy atom. The predicted molar refractivity (Wildman–Crippen MR) is 83.6 cm³/mol. The number of fused-ring (bicyclic) bond motifs is 4. The van der Waals surface area contributed by atoms with Crippen molar-refractivity contribution in [2.24, 2.45) is 23.7 Å². The summed E-state index contributed by atoms with van der Waals surface area (Å²) in [6.07, 6.45) is 6.83. The summed E-state index contributed by atoms with van der Waals surface area (Å²) in [4.78, 5) is 27.3. The van der Waals surface area contributed by atoms with E-state index in [0.717, 1.165) is 19.3 Å². The average molecular weight is 300 g/mol. The number of nitrogens with one attached hydrogen (secondary N) is 1. The number of rotatable bonds is 0. The van der Waals surface area contributed by atoms with E-state index in [0.29, 0.717) is 5.92 Å². The van der Waals surface area contributed by atoms with Gasteiger partial charge in [0.2, 0.25) is 11.8 Å². The van der Waals surface area contributed by atoms with E-state index in [4.69, 9.17) is 0 Å². The van der Waals surface area contributed by atoms with Crippen LogP contribution >= 0.6 is 0 Å². The molecule has 2 aliphatic heterocycles. The molecule has 4 aliphatic rings. The zero-order chi connectivity index (χ0) is 15.6. The van der Waals surface area contributed by atoms with E-state index < -0.39 is 0 Å². The normalized spacial score (nSPS) is 44.0. The Balaban J connectivity index is 1.68. The zero-order valence-electron chi connectivity index (χ0n) is 13.5. The van der Waals surface area contributed by atoms with Crippen molar-refractivity contribution in [2.45, 2.75) is 52.2 Å². The SMILES string of the molecule is CC1=C(C)CC2C(C1)C(=O)N1C(=O)C3CC(C)C=CC3NC21. The molecule has 0 radical (unpaired) electrons. The van der Waals surface area contributed by atoms with Crippen LogP contribution in [0.3, 0.4) is 0 Å². The van der Waals surface area contributed by atoms with E-state index in [-0.39, 0.29) is 41.8 Å². The summed E-state index contributed by atoms with van der Waals surface area (Å²) in [5.41, 5.74) is 2.72. The molecule has 2 saturated heterocycles. The number of imide groups is 1. The Morgan fingerprint density at radius 1 is 1.05 bits per heavy atom. The standard InChI is InChI=1S/C18H24N2O2/c1-9-4-5-15-14(6-9)18(22)20-16(19-15)12-7-10(2)11(3)8-13(12)17(20)21/h4-5,9,12-16,19H,6-8H2,1-3H3. The first-order chi connectivity index (χ1) is 10.5. The van der Waals surface area contributed by atoms with Crippen LogP contribution in [0.25, 0.3) is 0 Å². The van der Waals surface area contributed by atoms with Crippen molar-refractivity contribution in [3.63, 3.8) is 0 Å². The number of carbonyl (C=O) groups is 2. The minimum atomic E-state index is -0.104. The summed E-state index contributed by atoms with van der Waals surface area (Å²) < 4.78 is 0. The summed E-state index contributed by atoms with van der Waals surface area (Å²) in [6, 6.07) is 0.101. The van der Waals surface area contributed by atoms with Crippen LogP contribution in [0.15, 0.2) is 23.3 Å². The van der Waals surface area contributed by atoms with Gasteiger partial charge in [-0.2, -0.15) is 0 Å². The molecule has 4 nitrogen and oxygen atoms in total. The Bertz CT molecular complexity index is 606. The van der Waals surface area contributed by atoms with Gasteiger partial charge in [-0.25, -0.2) is 0 Å². The molecule has 2 aliphatic carbocycles. The third-order valence-electron chi connectivity index (χ3n) is 6.18. The van der Waals surface area contributed by atoms with Crippen LogP contribution in [-0.2, 0) is 9.59 Å². The molecule has 4 rings (SSSR count). The molecule has 1 N–H and O–H groups in total. The highest BCUT2D eigenvalue weighted by atomic mass is 16.2. The maximum Gasteiger partial charge on any atom is 0.235 e. The lowest BCUT2D eigenvalue weighted by Gasteiger charge is -2.43. The molecule has 2 fully saturated rings. The second-order valence-corrected chi connectivity index (χ2v) is 7.63. The summed E-state index contributed by atoms with van der Waals surface area (Å²) in [6.45, 7) is 6.41. The van der Waals surface area contributed by atoms with Crippen LogP contribution in [0.4, 0.5) is 0 Å². The number of carbonyl (C=O) groups excluding carboxylic acids is 2. The van der Waals surface area contributed by atoms with E-state index in [1.165, 1.54) is 11.1 Å². The van der Waals surface area contributed by atoms with Gasteiger partial charge in [0.05, 0.1) is 12.1 Å². The highest BCUT2D eigenvalue weighted by molar-refractivity contribution is 6.01. The van der Waals surface area contributed by atoms with Crippen LogP contribution < -0.4 is 5.32 Å². The van der Waals surface area contributed by atoms with Gasteiger partial charge in [0.1, 0.15) is 0 Å². The van der Waals surface area contributed by atoms with Gasteiger partial charge in [0, 0.05) is 17.9 Å². The van der Waals surface area contributed by atoms with Crippen molar-refractivity contribution < 1.29 is 9.59 Å². The monoisotopic (exact) mass is 300 g/mol. The van der Waals surface area contributed by atoms with Gasteiger partial charge < -0.3 is 0 Å². The lowest BCUT2D eigenvalue weighted by molar-refractivity contribution is -0.152. The van der Waals surface area contributed by atoms with Crippen molar-refractivity contribution in [1.82, 2.24) is 10.2 Å². The fraction of sp³-hybridized carbons (Fsp3) is 0.667. The summed E-state index contributed by atoms with van der Waals surface area (Å²) in [7, 11) is 0. The van der Waals surface area contributed by atoms with Crippen LogP contribution in [-0.4, -0.2) is 28.9 Å². The van der Waals surface area contributed by atoms with Gasteiger partial charge in [-0.1, -0.05) is 30.2 Å². The fourth-order valence-corrected chi connectivity index (χ4v) is 4.75. The summed E-state index contributed by atoms with van der Waals surface area (Å²) in [5, 5.41) is 3.61. The Morgan fingerprint density at radius 3 is 2.50 bits per heavy atom. The van der Waals surface area contributed by atoms with Gasteiger partial charge in [-0.15, -0.1) is 0 Å². The highest BCUT2D eigenvalue weighted by Gasteiger charge is 2.56. The first-order valence-electron chi connectivity index (χ1n) is 8.44. The van der Waals surface area contributed by atoms with Crippen molar-refractivity contribution in [2.75, 3.05) is 0 Å². The van der Waals surface area contributed by atoms with Gasteiger partial charge >= 0.3 is 0 Å². The molecular weight excluding hydrogens is 276 g/mol. The zero-order valence-corrected chi connectivity index (χ0v) is 13.5. The number of amides is 2. The second-order valence-electron chi connectivity index (χ2n) is 7.63. The topological polar surface area (TPSA) is 49.4 Å². The molecule has 6 unspecified atom stereocenters. The van der Waals surface area contributed by atoms with Crippen molar-refractivity contribution in [1.29, 1.82) is 0 Å². The van der Waals surface area contributed by atoms with Crippen molar-refractivity contribution >= 4 is 11.8 Å². The Labute approximate surface area is 131 Å².